The number of hydrogen-bond acceptors (Lipinski definition) is 3. The maximum absolute atomic E-state index is 14.5. The average molecular weight is 928 g/mol. The molecule has 0 radical (unpaired) electrons. The molecule has 15 heteroatoms. The van der Waals surface area contributed by atoms with Crippen LogP contribution in [-0.4, -0.2) is 5.96 Å². The molecule has 0 atom stereocenters. The second-order valence-electron chi connectivity index (χ2n) is 16.0. The number of rotatable bonds is 5. The minimum absolute atomic E-state index is 0.0239. The van der Waals surface area contributed by atoms with Crippen molar-refractivity contribution in [3.8, 4) is 33.4 Å². The van der Waals surface area contributed by atoms with Gasteiger partial charge in [0.1, 0.15) is 0 Å². The highest BCUT2D eigenvalue weighted by Crippen LogP contribution is 2.49. The Hall–Kier alpha value is -7.29. The minimum atomic E-state index is -5.21. The summed E-state index contributed by atoms with van der Waals surface area (Å²) in [5.41, 5.74) is -4.96. The topological polar surface area (TPSA) is 36.4 Å². The molecule has 0 bridgehead atoms. The van der Waals surface area contributed by atoms with Gasteiger partial charge >= 0.3 is 24.7 Å². The predicted octanol–water partition coefficient (Wildman–Crippen LogP) is 15.4. The quantitative estimate of drug-likeness (QED) is 0.169. The summed E-state index contributed by atoms with van der Waals surface area (Å²) < 4.78 is 174. The van der Waals surface area contributed by atoms with Crippen LogP contribution >= 0.6 is 0 Å². The molecule has 8 aromatic carbocycles. The van der Waals surface area contributed by atoms with Gasteiger partial charge < -0.3 is 10.6 Å². The summed E-state index contributed by atoms with van der Waals surface area (Å²) in [6.07, 6.45) is -20.8. The smallest absolute Gasteiger partial charge is 0.352 e. The van der Waals surface area contributed by atoms with Gasteiger partial charge in [-0.15, -0.1) is 0 Å². The summed E-state index contributed by atoms with van der Waals surface area (Å²) in [5, 5.41) is 8.26. The molecule has 8 aromatic rings. The van der Waals surface area contributed by atoms with E-state index >= 15 is 0 Å². The molecule has 1 aliphatic rings. The van der Waals surface area contributed by atoms with Gasteiger partial charge in [-0.05, 0) is 126 Å². The van der Waals surface area contributed by atoms with E-state index in [0.717, 1.165) is 11.1 Å². The first kappa shape index (κ1) is 44.9. The normalized spacial score (nSPS) is 13.6. The molecule has 340 valence electrons. The molecule has 0 spiro atoms. The van der Waals surface area contributed by atoms with Gasteiger partial charge in [0.2, 0.25) is 0 Å². The van der Waals surface area contributed by atoms with Crippen LogP contribution in [0.1, 0.15) is 50.5 Å². The van der Waals surface area contributed by atoms with E-state index in [4.69, 9.17) is 4.99 Å². The van der Waals surface area contributed by atoms with Crippen LogP contribution in [0.4, 0.5) is 52.7 Å². The van der Waals surface area contributed by atoms with Crippen molar-refractivity contribution in [2.75, 3.05) is 0 Å². The average Bonchev–Trinajstić information content (AvgIpc) is 3.37. The van der Waals surface area contributed by atoms with Crippen molar-refractivity contribution in [3.05, 3.63) is 202 Å². The largest absolute Gasteiger partial charge is 0.416 e. The SMILES string of the molecule is FC(F)(F)c1cc(-c2cc3ccccc3c3c2CN=C(NC(c2ccccc2)c2ccccc2)NCc2c(-c4cc(C(F)(F)F)cc(C(F)(F)F)c4)cc4ccccc4c2-3)cc(C(F)(F)F)c1. The molecule has 0 amide bonds. The van der Waals surface area contributed by atoms with Gasteiger partial charge in [0, 0.05) is 6.54 Å². The third-order valence-electron chi connectivity index (χ3n) is 11.7. The molecule has 0 aliphatic carbocycles. The number of benzene rings is 8. The third kappa shape index (κ3) is 9.02. The number of hydrogen-bond donors (Lipinski definition) is 2. The molecular weight excluding hydrogens is 895 g/mol. The number of aliphatic imine (C=N–C) groups is 1. The molecule has 1 aliphatic heterocycles. The Kier molecular flexibility index (Phi) is 11.3. The van der Waals surface area contributed by atoms with Crippen LogP contribution < -0.4 is 10.6 Å². The van der Waals surface area contributed by atoms with Crippen LogP contribution in [0.2, 0.25) is 0 Å². The van der Waals surface area contributed by atoms with Crippen LogP contribution in [0.5, 0.6) is 0 Å². The first-order valence-electron chi connectivity index (χ1n) is 20.6. The van der Waals surface area contributed by atoms with Crippen LogP contribution in [0, 0.1) is 0 Å². The fourth-order valence-electron chi connectivity index (χ4n) is 8.71. The van der Waals surface area contributed by atoms with Crippen molar-refractivity contribution >= 4 is 27.5 Å². The third-order valence-corrected chi connectivity index (χ3v) is 11.7. The lowest BCUT2D eigenvalue weighted by Gasteiger charge is -2.25. The zero-order valence-electron chi connectivity index (χ0n) is 34.5. The zero-order chi connectivity index (χ0) is 47.5. The Balaban J connectivity index is 1.41. The van der Waals surface area contributed by atoms with Gasteiger partial charge in [-0.25, -0.2) is 4.99 Å². The van der Waals surface area contributed by atoms with Gasteiger partial charge in [-0.2, -0.15) is 52.7 Å². The van der Waals surface area contributed by atoms with E-state index in [1.54, 1.807) is 72.8 Å². The summed E-state index contributed by atoms with van der Waals surface area (Å²) in [5.74, 6) is 0.0507. The number of nitrogens with one attached hydrogen (secondary N) is 2. The van der Waals surface area contributed by atoms with Crippen LogP contribution in [-0.2, 0) is 37.8 Å². The van der Waals surface area contributed by atoms with Crippen LogP contribution in [0.3, 0.4) is 0 Å². The monoisotopic (exact) mass is 927 g/mol. The lowest BCUT2D eigenvalue weighted by molar-refractivity contribution is -0.144. The van der Waals surface area contributed by atoms with Crippen molar-refractivity contribution in [3.63, 3.8) is 0 Å². The van der Waals surface area contributed by atoms with Gasteiger partial charge in [0.25, 0.3) is 0 Å². The molecule has 0 aromatic heterocycles. The van der Waals surface area contributed by atoms with E-state index < -0.39 is 70.7 Å². The van der Waals surface area contributed by atoms with Crippen molar-refractivity contribution in [1.29, 1.82) is 0 Å². The molecule has 2 N–H and O–H groups in total. The molecule has 0 unspecified atom stereocenters. The minimum Gasteiger partial charge on any atom is -0.352 e. The van der Waals surface area contributed by atoms with Gasteiger partial charge in [0.15, 0.2) is 5.96 Å². The van der Waals surface area contributed by atoms with Crippen LogP contribution in [0.25, 0.3) is 54.9 Å². The highest BCUT2D eigenvalue weighted by atomic mass is 19.4. The van der Waals surface area contributed by atoms with Crippen molar-refractivity contribution in [1.82, 2.24) is 10.6 Å². The maximum atomic E-state index is 14.5. The van der Waals surface area contributed by atoms with E-state index in [2.05, 4.69) is 10.6 Å². The molecule has 67 heavy (non-hydrogen) atoms. The predicted molar refractivity (Wildman–Crippen MR) is 234 cm³/mol. The Morgan fingerprint density at radius 1 is 0.433 bits per heavy atom. The molecule has 9 rings (SSSR count). The van der Waals surface area contributed by atoms with E-state index in [9.17, 15) is 52.7 Å². The Morgan fingerprint density at radius 3 is 1.22 bits per heavy atom. The lowest BCUT2D eigenvalue weighted by Crippen LogP contribution is -2.39. The van der Waals surface area contributed by atoms with E-state index in [1.807, 2.05) is 36.4 Å². The van der Waals surface area contributed by atoms with Crippen molar-refractivity contribution < 1.29 is 52.7 Å². The molecule has 1 heterocycles. The van der Waals surface area contributed by atoms with E-state index in [1.165, 1.54) is 12.1 Å². The first-order valence-corrected chi connectivity index (χ1v) is 20.6. The van der Waals surface area contributed by atoms with Gasteiger partial charge in [-0.1, -0.05) is 109 Å². The van der Waals surface area contributed by atoms with Gasteiger partial charge in [0.05, 0.1) is 34.8 Å². The molecule has 0 fully saturated rings. The van der Waals surface area contributed by atoms with E-state index in [0.29, 0.717) is 45.8 Å². The van der Waals surface area contributed by atoms with Gasteiger partial charge in [-0.3, -0.25) is 0 Å². The Morgan fingerprint density at radius 2 is 0.806 bits per heavy atom. The van der Waals surface area contributed by atoms with E-state index in [-0.39, 0.29) is 58.0 Å². The maximum Gasteiger partial charge on any atom is 0.416 e. The standard InChI is InChI=1S/C52H33F12N3/c53-49(54,55)35-19-33(20-36(25-35)50(56,57)58)41-23-31-15-7-9-17-39(31)45-43(41)27-65-48(67-47(29-11-3-1-4-12-29)30-13-5-2-6-14-30)66-28-44-42(24-32-16-8-10-18-40(32)46(44)45)34-21-37(51(59,60)61)26-38(22-34)52(62,63)64/h1-26,47H,27-28H2,(H2,65,66,67). The van der Waals surface area contributed by atoms with Crippen molar-refractivity contribution in [2.45, 2.75) is 43.8 Å². The Labute approximate surface area is 374 Å². The fourth-order valence-corrected chi connectivity index (χ4v) is 8.71. The summed E-state index contributed by atoms with van der Waals surface area (Å²) in [7, 11) is 0. The summed E-state index contributed by atoms with van der Waals surface area (Å²) in [6.45, 7) is -0.687. The molecule has 0 saturated carbocycles. The lowest BCUT2D eigenvalue weighted by atomic mass is 9.80. The summed E-state index contributed by atoms with van der Waals surface area (Å²) in [6, 6.07) is 36.2. The molecular formula is C52H33F12N3. The second-order valence-corrected chi connectivity index (χ2v) is 16.0. The number of fused-ring (bicyclic) bond motifs is 7. The summed E-state index contributed by atoms with van der Waals surface area (Å²) in [4.78, 5) is 4.92. The second kappa shape index (κ2) is 16.9. The highest BCUT2D eigenvalue weighted by Gasteiger charge is 2.39. The zero-order valence-corrected chi connectivity index (χ0v) is 34.5. The van der Waals surface area contributed by atoms with Crippen molar-refractivity contribution in [2.24, 2.45) is 4.99 Å². The molecule has 3 nitrogen and oxygen atoms in total. The number of guanidine groups is 1. The molecule has 0 saturated heterocycles. The summed E-state index contributed by atoms with van der Waals surface area (Å²) >= 11 is 0. The fraction of sp³-hybridized carbons (Fsp3) is 0.135. The highest BCUT2D eigenvalue weighted by molar-refractivity contribution is 6.12. The van der Waals surface area contributed by atoms with Crippen LogP contribution in [0.15, 0.2) is 163 Å². The first-order chi connectivity index (χ1) is 31.7. The number of nitrogens with zero attached hydrogens (tertiary/aromatic N) is 1. The number of alkyl halides is 12. The number of halogens is 12. The Bertz CT molecular complexity index is 3080.